The normalized spacial score (nSPS) is 13.0. The van der Waals surface area contributed by atoms with Crippen molar-refractivity contribution < 1.29 is 0 Å². The Labute approximate surface area is 127 Å². The lowest BCUT2D eigenvalue weighted by molar-refractivity contribution is 0.540. The van der Waals surface area contributed by atoms with E-state index in [1.165, 1.54) is 0 Å². The van der Waals surface area contributed by atoms with Crippen LogP contribution in [0.3, 0.4) is 0 Å². The van der Waals surface area contributed by atoms with Crippen molar-refractivity contribution in [3.8, 4) is 0 Å². The van der Waals surface area contributed by atoms with Crippen molar-refractivity contribution in [1.82, 2.24) is 29.7 Å². The highest BCUT2D eigenvalue weighted by Crippen LogP contribution is 2.20. The minimum atomic E-state index is 0.0538. The Balaban J connectivity index is 1.79. The molecule has 110 valence electrons. The number of aromatic nitrogens is 5. The molecule has 0 aromatic carbocycles. The molecule has 0 saturated carbocycles. The van der Waals surface area contributed by atoms with Crippen LogP contribution in [-0.2, 0) is 13.6 Å². The van der Waals surface area contributed by atoms with E-state index in [1.54, 1.807) is 4.68 Å². The first kappa shape index (κ1) is 14.0. The van der Waals surface area contributed by atoms with Gasteiger partial charge in [0.15, 0.2) is 11.5 Å². The summed E-state index contributed by atoms with van der Waals surface area (Å²) < 4.78 is 3.67. The van der Waals surface area contributed by atoms with Crippen LogP contribution in [0.25, 0.3) is 5.65 Å². The number of hydrogen-bond donors (Lipinski definition) is 1. The maximum atomic E-state index is 6.24. The van der Waals surface area contributed by atoms with Gasteiger partial charge < -0.3 is 5.32 Å². The summed E-state index contributed by atoms with van der Waals surface area (Å²) in [6.45, 7) is 4.66. The quantitative estimate of drug-likeness (QED) is 0.803. The third-order valence-electron chi connectivity index (χ3n) is 3.58. The fourth-order valence-electron chi connectivity index (χ4n) is 2.38. The zero-order chi connectivity index (χ0) is 15.0. The molecule has 1 unspecified atom stereocenters. The van der Waals surface area contributed by atoms with E-state index in [2.05, 4.69) is 27.5 Å². The molecule has 3 aromatic heterocycles. The number of aryl methyl sites for hydroxylation is 2. The Bertz CT molecular complexity index is 775. The maximum Gasteiger partial charge on any atom is 0.160 e. The van der Waals surface area contributed by atoms with Crippen molar-refractivity contribution in [3.05, 3.63) is 46.6 Å². The number of rotatable bonds is 4. The average Bonchev–Trinajstić information content (AvgIpc) is 3.00. The van der Waals surface area contributed by atoms with E-state index < -0.39 is 0 Å². The van der Waals surface area contributed by atoms with Crippen LogP contribution in [-0.4, -0.2) is 24.4 Å². The van der Waals surface area contributed by atoms with Crippen LogP contribution in [0.1, 0.15) is 30.0 Å². The van der Waals surface area contributed by atoms with Gasteiger partial charge in [0, 0.05) is 25.4 Å². The number of halogens is 1. The van der Waals surface area contributed by atoms with Gasteiger partial charge >= 0.3 is 0 Å². The largest absolute Gasteiger partial charge is 0.303 e. The summed E-state index contributed by atoms with van der Waals surface area (Å²) in [6, 6.07) is 5.91. The molecule has 0 spiro atoms. The third kappa shape index (κ3) is 2.52. The summed E-state index contributed by atoms with van der Waals surface area (Å²) in [5.74, 6) is 0.878. The van der Waals surface area contributed by atoms with Crippen LogP contribution in [0, 0.1) is 6.92 Å². The molecule has 1 atom stereocenters. The lowest BCUT2D eigenvalue weighted by Crippen LogP contribution is -2.20. The smallest absolute Gasteiger partial charge is 0.160 e. The van der Waals surface area contributed by atoms with Gasteiger partial charge in [-0.3, -0.25) is 9.08 Å². The second kappa shape index (κ2) is 5.46. The molecule has 0 amide bonds. The lowest BCUT2D eigenvalue weighted by Gasteiger charge is -2.12. The molecule has 0 aliphatic heterocycles. The van der Waals surface area contributed by atoms with Gasteiger partial charge in [-0.25, -0.2) is 0 Å². The van der Waals surface area contributed by atoms with E-state index in [1.807, 2.05) is 42.8 Å². The van der Waals surface area contributed by atoms with Gasteiger partial charge in [-0.15, -0.1) is 10.2 Å². The standard InChI is InChI=1S/C14H17ClN6/c1-9-11(13(15)20(3)19-9)8-16-10(2)14-18-17-12-6-4-5-7-21(12)14/h4-7,10,16H,8H2,1-3H3. The fraction of sp³-hybridized carbons (Fsp3) is 0.357. The van der Waals surface area contributed by atoms with E-state index in [0.717, 1.165) is 22.7 Å². The molecule has 0 radical (unpaired) electrons. The molecule has 1 N–H and O–H groups in total. The van der Waals surface area contributed by atoms with E-state index in [-0.39, 0.29) is 6.04 Å². The minimum absolute atomic E-state index is 0.0538. The second-order valence-corrected chi connectivity index (χ2v) is 5.43. The molecule has 0 fully saturated rings. The molecular formula is C14H17ClN6. The Morgan fingerprint density at radius 2 is 2.14 bits per heavy atom. The number of pyridine rings is 1. The van der Waals surface area contributed by atoms with Crippen molar-refractivity contribution in [3.63, 3.8) is 0 Å². The molecule has 3 aromatic rings. The Hall–Kier alpha value is -1.92. The van der Waals surface area contributed by atoms with Crippen LogP contribution in [0.4, 0.5) is 0 Å². The molecular weight excluding hydrogens is 288 g/mol. The van der Waals surface area contributed by atoms with E-state index in [9.17, 15) is 0 Å². The zero-order valence-corrected chi connectivity index (χ0v) is 13.0. The van der Waals surface area contributed by atoms with Crippen molar-refractivity contribution in [2.45, 2.75) is 26.4 Å². The van der Waals surface area contributed by atoms with Gasteiger partial charge in [0.1, 0.15) is 5.15 Å². The average molecular weight is 305 g/mol. The highest BCUT2D eigenvalue weighted by molar-refractivity contribution is 6.30. The molecule has 7 heteroatoms. The van der Waals surface area contributed by atoms with Crippen LogP contribution < -0.4 is 5.32 Å². The molecule has 0 aliphatic rings. The van der Waals surface area contributed by atoms with Gasteiger partial charge in [-0.2, -0.15) is 5.10 Å². The van der Waals surface area contributed by atoms with E-state index >= 15 is 0 Å². The van der Waals surface area contributed by atoms with Crippen molar-refractivity contribution in [2.24, 2.45) is 7.05 Å². The summed E-state index contributed by atoms with van der Waals surface area (Å²) in [6.07, 6.45) is 1.96. The van der Waals surface area contributed by atoms with Crippen molar-refractivity contribution >= 4 is 17.2 Å². The van der Waals surface area contributed by atoms with Crippen molar-refractivity contribution in [1.29, 1.82) is 0 Å². The van der Waals surface area contributed by atoms with E-state index in [0.29, 0.717) is 11.7 Å². The predicted octanol–water partition coefficient (Wildman–Crippen LogP) is 2.28. The molecule has 6 nitrogen and oxygen atoms in total. The Morgan fingerprint density at radius 1 is 1.33 bits per heavy atom. The third-order valence-corrected chi connectivity index (χ3v) is 4.06. The van der Waals surface area contributed by atoms with Crippen LogP contribution in [0.15, 0.2) is 24.4 Å². The number of nitrogens with one attached hydrogen (secondary N) is 1. The first-order valence-corrected chi connectivity index (χ1v) is 7.16. The molecule has 0 bridgehead atoms. The van der Waals surface area contributed by atoms with Crippen molar-refractivity contribution in [2.75, 3.05) is 0 Å². The van der Waals surface area contributed by atoms with Gasteiger partial charge in [0.2, 0.25) is 0 Å². The number of nitrogens with zero attached hydrogens (tertiary/aromatic N) is 5. The summed E-state index contributed by atoms with van der Waals surface area (Å²) in [5.41, 5.74) is 2.80. The molecule has 0 saturated heterocycles. The van der Waals surface area contributed by atoms with Gasteiger partial charge in [0.05, 0.1) is 11.7 Å². The fourth-order valence-corrected chi connectivity index (χ4v) is 2.62. The highest BCUT2D eigenvalue weighted by atomic mass is 35.5. The summed E-state index contributed by atoms with van der Waals surface area (Å²) in [5, 5.41) is 16.8. The van der Waals surface area contributed by atoms with Crippen LogP contribution in [0.5, 0.6) is 0 Å². The second-order valence-electron chi connectivity index (χ2n) is 5.07. The Morgan fingerprint density at radius 3 is 2.86 bits per heavy atom. The monoisotopic (exact) mass is 304 g/mol. The highest BCUT2D eigenvalue weighted by Gasteiger charge is 2.16. The zero-order valence-electron chi connectivity index (χ0n) is 12.2. The maximum absolute atomic E-state index is 6.24. The summed E-state index contributed by atoms with van der Waals surface area (Å²) in [7, 11) is 1.84. The topological polar surface area (TPSA) is 60.0 Å². The first-order valence-electron chi connectivity index (χ1n) is 6.79. The van der Waals surface area contributed by atoms with Gasteiger partial charge in [0.25, 0.3) is 0 Å². The van der Waals surface area contributed by atoms with Crippen LogP contribution in [0.2, 0.25) is 5.15 Å². The molecule has 3 heterocycles. The number of fused-ring (bicyclic) bond motifs is 1. The first-order chi connectivity index (χ1) is 10.1. The van der Waals surface area contributed by atoms with Gasteiger partial charge in [-0.1, -0.05) is 17.7 Å². The summed E-state index contributed by atoms with van der Waals surface area (Å²) >= 11 is 6.24. The summed E-state index contributed by atoms with van der Waals surface area (Å²) in [4.78, 5) is 0. The number of hydrogen-bond acceptors (Lipinski definition) is 4. The predicted molar refractivity (Wildman–Crippen MR) is 81.2 cm³/mol. The molecule has 21 heavy (non-hydrogen) atoms. The lowest BCUT2D eigenvalue weighted by atomic mass is 10.2. The molecule has 3 rings (SSSR count). The SMILES string of the molecule is Cc1nn(C)c(Cl)c1CNC(C)c1nnc2ccccn12. The minimum Gasteiger partial charge on any atom is -0.303 e. The van der Waals surface area contributed by atoms with Gasteiger partial charge in [-0.05, 0) is 26.0 Å². The van der Waals surface area contributed by atoms with E-state index in [4.69, 9.17) is 11.6 Å². The Kier molecular flexibility index (Phi) is 3.65. The molecule has 0 aliphatic carbocycles. The van der Waals surface area contributed by atoms with Crippen LogP contribution >= 0.6 is 11.6 Å².